The van der Waals surface area contributed by atoms with Crippen LogP contribution in [0.4, 0.5) is 29.3 Å². The van der Waals surface area contributed by atoms with E-state index in [4.69, 9.17) is 4.74 Å². The van der Waals surface area contributed by atoms with Crippen molar-refractivity contribution in [2.45, 2.75) is 38.1 Å². The van der Waals surface area contributed by atoms with Gasteiger partial charge in [-0.15, -0.1) is 0 Å². The number of anilines is 2. The van der Waals surface area contributed by atoms with Crippen LogP contribution in [0.5, 0.6) is 0 Å². The zero-order valence-electron chi connectivity index (χ0n) is 17.2. The Morgan fingerprint density at radius 2 is 2.09 bits per heavy atom. The Kier molecular flexibility index (Phi) is 5.89. The Labute approximate surface area is 180 Å². The van der Waals surface area contributed by atoms with Gasteiger partial charge in [-0.2, -0.15) is 22.5 Å². The van der Waals surface area contributed by atoms with E-state index < -0.39 is 42.3 Å². The molecule has 0 N–H and O–H groups in total. The van der Waals surface area contributed by atoms with E-state index in [9.17, 15) is 27.2 Å². The molecule has 32 heavy (non-hydrogen) atoms. The largest absolute Gasteiger partial charge is 0.408 e. The third-order valence-corrected chi connectivity index (χ3v) is 5.65. The lowest BCUT2D eigenvalue weighted by molar-refractivity contribution is -0.152. The van der Waals surface area contributed by atoms with Gasteiger partial charge in [-0.05, 0) is 25.5 Å². The summed E-state index contributed by atoms with van der Waals surface area (Å²) in [6.45, 7) is 1.43. The van der Waals surface area contributed by atoms with Gasteiger partial charge in [0.05, 0.1) is 25.8 Å². The highest BCUT2D eigenvalue weighted by Gasteiger charge is 2.48. The van der Waals surface area contributed by atoms with E-state index in [1.165, 1.54) is 29.4 Å². The molecule has 0 spiro atoms. The van der Waals surface area contributed by atoms with E-state index in [2.05, 4.69) is 9.97 Å². The molecule has 8 nitrogen and oxygen atoms in total. The lowest BCUT2D eigenvalue weighted by Gasteiger charge is -2.40. The van der Waals surface area contributed by atoms with Crippen molar-refractivity contribution >= 4 is 17.5 Å². The van der Waals surface area contributed by atoms with Crippen LogP contribution >= 0.6 is 0 Å². The van der Waals surface area contributed by atoms with Crippen molar-refractivity contribution in [3.05, 3.63) is 46.3 Å². The average Bonchev–Trinajstić information content (AvgIpc) is 2.76. The van der Waals surface area contributed by atoms with Crippen molar-refractivity contribution in [3.63, 3.8) is 0 Å². The van der Waals surface area contributed by atoms with Gasteiger partial charge in [0.15, 0.2) is 11.6 Å². The number of carbonyl (C=O) groups is 1. The van der Waals surface area contributed by atoms with Crippen LogP contribution in [0.2, 0.25) is 0 Å². The summed E-state index contributed by atoms with van der Waals surface area (Å²) in [5, 5.41) is 0. The smallest absolute Gasteiger partial charge is 0.377 e. The van der Waals surface area contributed by atoms with E-state index in [0.29, 0.717) is 0 Å². The second-order valence-corrected chi connectivity index (χ2v) is 7.76. The fourth-order valence-electron chi connectivity index (χ4n) is 4.00. The van der Waals surface area contributed by atoms with Gasteiger partial charge in [0.25, 0.3) is 5.56 Å². The van der Waals surface area contributed by atoms with Gasteiger partial charge in [-0.3, -0.25) is 19.1 Å². The first kappa shape index (κ1) is 22.2. The molecular formula is C20H21F4N5O3. The van der Waals surface area contributed by atoms with Gasteiger partial charge in [-0.25, -0.2) is 0 Å². The molecule has 0 unspecified atom stereocenters. The minimum Gasteiger partial charge on any atom is -0.377 e. The number of rotatable bonds is 4. The molecule has 2 atom stereocenters. The quantitative estimate of drug-likeness (QED) is 0.516. The van der Waals surface area contributed by atoms with Crippen molar-refractivity contribution in [2.75, 3.05) is 36.1 Å². The predicted molar refractivity (Wildman–Crippen MR) is 106 cm³/mol. The second kappa shape index (κ2) is 8.49. The molecule has 4 heterocycles. The van der Waals surface area contributed by atoms with Gasteiger partial charge in [-0.1, -0.05) is 0 Å². The average molecular weight is 455 g/mol. The number of fused-ring (bicyclic) bond motifs is 1. The zero-order valence-corrected chi connectivity index (χ0v) is 17.2. The maximum Gasteiger partial charge on any atom is 0.408 e. The molecule has 0 amide bonds. The number of carbonyl (C=O) groups excluding carboxylic acids is 1. The number of ketones is 1. The van der Waals surface area contributed by atoms with Crippen LogP contribution in [-0.4, -0.2) is 64.9 Å². The van der Waals surface area contributed by atoms with E-state index in [1.54, 1.807) is 6.92 Å². The first-order chi connectivity index (χ1) is 15.2. The van der Waals surface area contributed by atoms with Crippen molar-refractivity contribution in [2.24, 2.45) is 0 Å². The zero-order chi connectivity index (χ0) is 23.0. The third-order valence-electron chi connectivity index (χ3n) is 5.65. The highest BCUT2D eigenvalue weighted by atomic mass is 19.4. The lowest BCUT2D eigenvalue weighted by Crippen LogP contribution is -2.55. The molecule has 0 aromatic carbocycles. The number of aromatic nitrogens is 3. The molecule has 0 bridgehead atoms. The number of hydrogen-bond donors (Lipinski definition) is 0. The lowest BCUT2D eigenvalue weighted by atomic mass is 10.1. The number of ether oxygens (including phenoxy) is 1. The van der Waals surface area contributed by atoms with E-state index >= 15 is 0 Å². The van der Waals surface area contributed by atoms with Crippen LogP contribution in [0.3, 0.4) is 0 Å². The summed E-state index contributed by atoms with van der Waals surface area (Å²) >= 11 is 0. The topological polar surface area (TPSA) is 80.6 Å². The van der Waals surface area contributed by atoms with Crippen molar-refractivity contribution in [1.29, 1.82) is 0 Å². The molecule has 12 heteroatoms. The molecule has 1 fully saturated rings. The minimum atomic E-state index is -4.68. The van der Waals surface area contributed by atoms with E-state index in [0.717, 1.165) is 9.47 Å². The number of hydrogen-bond acceptors (Lipinski definition) is 7. The molecule has 0 aliphatic carbocycles. The van der Waals surface area contributed by atoms with Crippen molar-refractivity contribution in [3.8, 4) is 0 Å². The molecule has 2 aromatic rings. The standard InChI is InChI=1S/C20H21F4N5O3/c1-12-11-32-8-7-27(12)17-16(21)18(31)28-6-4-15(20(22,23)24)29(19(28)26-17)10-14(30)13-3-2-5-25-9-13/h2-3,5,9,12,15H,4,6-8,10-11H2,1H3/t12-,15+/m1/s1. The number of pyridine rings is 1. The van der Waals surface area contributed by atoms with Crippen molar-refractivity contribution < 1.29 is 27.1 Å². The normalized spacial score (nSPS) is 21.4. The first-order valence-corrected chi connectivity index (χ1v) is 10.1. The van der Waals surface area contributed by atoms with Crippen LogP contribution in [0.15, 0.2) is 29.3 Å². The monoisotopic (exact) mass is 455 g/mol. The first-order valence-electron chi connectivity index (χ1n) is 10.1. The number of alkyl halides is 3. The SMILES string of the molecule is C[C@@H]1COCCN1c1nc2n(c(=O)c1F)CC[C@@H](C(F)(F)F)N2CC(=O)c1cccnc1. The van der Waals surface area contributed by atoms with Gasteiger partial charge in [0.2, 0.25) is 11.8 Å². The molecule has 1 saturated heterocycles. The Hall–Kier alpha value is -3.02. The highest BCUT2D eigenvalue weighted by molar-refractivity contribution is 5.98. The summed E-state index contributed by atoms with van der Waals surface area (Å²) in [6.07, 6.45) is -2.50. The number of nitrogens with zero attached hydrogens (tertiary/aromatic N) is 5. The van der Waals surface area contributed by atoms with E-state index in [1.807, 2.05) is 0 Å². The number of Topliss-reactive ketones (excluding diaryl/α,β-unsaturated/α-hetero) is 1. The molecule has 2 aliphatic heterocycles. The van der Waals surface area contributed by atoms with Gasteiger partial charge in [0.1, 0.15) is 6.04 Å². The Morgan fingerprint density at radius 3 is 2.75 bits per heavy atom. The molecular weight excluding hydrogens is 434 g/mol. The summed E-state index contributed by atoms with van der Waals surface area (Å²) in [6, 6.07) is 0.555. The predicted octanol–water partition coefficient (Wildman–Crippen LogP) is 2.03. The molecule has 4 rings (SSSR count). The van der Waals surface area contributed by atoms with Gasteiger partial charge in [0, 0.05) is 31.0 Å². The Balaban J connectivity index is 1.80. The summed E-state index contributed by atoms with van der Waals surface area (Å²) in [5.74, 6) is -2.47. The Morgan fingerprint density at radius 1 is 1.31 bits per heavy atom. The van der Waals surface area contributed by atoms with E-state index in [-0.39, 0.29) is 49.7 Å². The van der Waals surface area contributed by atoms with Gasteiger partial charge < -0.3 is 14.5 Å². The summed E-state index contributed by atoms with van der Waals surface area (Å²) in [7, 11) is 0. The molecule has 0 saturated carbocycles. The maximum atomic E-state index is 14.9. The second-order valence-electron chi connectivity index (χ2n) is 7.76. The number of halogens is 4. The minimum absolute atomic E-state index is 0.122. The fourth-order valence-corrected chi connectivity index (χ4v) is 4.00. The Bertz CT molecular complexity index is 1060. The summed E-state index contributed by atoms with van der Waals surface area (Å²) in [5.41, 5.74) is -0.944. The summed E-state index contributed by atoms with van der Waals surface area (Å²) in [4.78, 5) is 35.7. The molecule has 2 aliphatic rings. The third kappa shape index (κ3) is 4.06. The summed E-state index contributed by atoms with van der Waals surface area (Å²) < 4.78 is 62.7. The van der Waals surface area contributed by atoms with Crippen LogP contribution < -0.4 is 15.4 Å². The molecule has 0 radical (unpaired) electrons. The van der Waals surface area contributed by atoms with Crippen LogP contribution in [0.25, 0.3) is 0 Å². The molecule has 172 valence electrons. The maximum absolute atomic E-state index is 14.9. The fraction of sp³-hybridized carbons (Fsp3) is 0.500. The highest BCUT2D eigenvalue weighted by Crippen LogP contribution is 2.35. The molecule has 2 aromatic heterocycles. The van der Waals surface area contributed by atoms with Gasteiger partial charge >= 0.3 is 6.18 Å². The van der Waals surface area contributed by atoms with Crippen molar-refractivity contribution in [1.82, 2.24) is 14.5 Å². The van der Waals surface area contributed by atoms with Crippen LogP contribution in [0.1, 0.15) is 23.7 Å². The van der Waals surface area contributed by atoms with Crippen LogP contribution in [-0.2, 0) is 11.3 Å². The number of morpholine rings is 1. The van der Waals surface area contributed by atoms with Crippen LogP contribution in [0, 0.1) is 5.82 Å².